The van der Waals surface area contributed by atoms with Crippen LogP contribution in [0.3, 0.4) is 0 Å². The van der Waals surface area contributed by atoms with Crippen LogP contribution in [-0.4, -0.2) is 67.3 Å². The highest BCUT2D eigenvalue weighted by Crippen LogP contribution is 2.23. The molecule has 7 nitrogen and oxygen atoms in total. The summed E-state index contributed by atoms with van der Waals surface area (Å²) in [5.74, 6) is 1.76. The summed E-state index contributed by atoms with van der Waals surface area (Å²) in [5.41, 5.74) is 1.89. The van der Waals surface area contributed by atoms with Crippen molar-refractivity contribution in [1.82, 2.24) is 14.9 Å². The van der Waals surface area contributed by atoms with Crippen molar-refractivity contribution in [3.8, 4) is 17.0 Å². The van der Waals surface area contributed by atoms with Crippen molar-refractivity contribution < 1.29 is 14.3 Å². The zero-order valence-electron chi connectivity index (χ0n) is 15.2. The van der Waals surface area contributed by atoms with Gasteiger partial charge in [-0.3, -0.25) is 4.79 Å². The van der Waals surface area contributed by atoms with E-state index in [-0.39, 0.29) is 12.5 Å². The number of anilines is 1. The molecule has 1 saturated heterocycles. The molecule has 26 heavy (non-hydrogen) atoms. The average molecular weight is 356 g/mol. The Labute approximate surface area is 153 Å². The minimum Gasteiger partial charge on any atom is -0.494 e. The zero-order chi connectivity index (χ0) is 18.4. The number of rotatable bonds is 6. The molecule has 1 aliphatic rings. The summed E-state index contributed by atoms with van der Waals surface area (Å²) < 4.78 is 10.4. The predicted octanol–water partition coefficient (Wildman–Crippen LogP) is 1.84. The molecule has 0 spiro atoms. The van der Waals surface area contributed by atoms with E-state index in [1.165, 1.54) is 7.11 Å². The van der Waals surface area contributed by atoms with Crippen LogP contribution in [0.25, 0.3) is 11.3 Å². The normalized spacial score (nSPS) is 14.4. The van der Waals surface area contributed by atoms with Gasteiger partial charge in [-0.25, -0.2) is 9.97 Å². The number of carbonyl (C=O) groups is 1. The zero-order valence-corrected chi connectivity index (χ0v) is 15.2. The van der Waals surface area contributed by atoms with Gasteiger partial charge in [0.2, 0.25) is 5.91 Å². The first-order valence-corrected chi connectivity index (χ1v) is 8.78. The molecule has 0 unspecified atom stereocenters. The molecule has 1 aromatic heterocycles. The minimum absolute atomic E-state index is 0.0323. The molecule has 0 atom stereocenters. The smallest absolute Gasteiger partial charge is 0.248 e. The summed E-state index contributed by atoms with van der Waals surface area (Å²) >= 11 is 0. The van der Waals surface area contributed by atoms with Gasteiger partial charge >= 0.3 is 0 Å². The number of ether oxygens (including phenoxy) is 2. The fourth-order valence-electron chi connectivity index (χ4n) is 2.97. The van der Waals surface area contributed by atoms with E-state index in [0.29, 0.717) is 19.7 Å². The van der Waals surface area contributed by atoms with Crippen LogP contribution in [0.4, 0.5) is 5.82 Å². The Bertz CT molecular complexity index is 728. The van der Waals surface area contributed by atoms with E-state index in [1.807, 2.05) is 42.2 Å². The molecule has 0 radical (unpaired) electrons. The van der Waals surface area contributed by atoms with Crippen molar-refractivity contribution in [3.05, 3.63) is 36.7 Å². The van der Waals surface area contributed by atoms with Crippen LogP contribution < -0.4 is 9.64 Å². The number of hydrogen-bond donors (Lipinski definition) is 0. The van der Waals surface area contributed by atoms with E-state index >= 15 is 0 Å². The maximum absolute atomic E-state index is 11.9. The van der Waals surface area contributed by atoms with Crippen molar-refractivity contribution in [2.24, 2.45) is 0 Å². The number of nitrogens with zero attached hydrogens (tertiary/aromatic N) is 4. The van der Waals surface area contributed by atoms with Crippen molar-refractivity contribution in [3.63, 3.8) is 0 Å². The summed E-state index contributed by atoms with van der Waals surface area (Å²) in [6.45, 7) is 5.58. The van der Waals surface area contributed by atoms with Gasteiger partial charge in [0.25, 0.3) is 0 Å². The summed E-state index contributed by atoms with van der Waals surface area (Å²) in [6, 6.07) is 9.88. The van der Waals surface area contributed by atoms with E-state index in [4.69, 9.17) is 9.47 Å². The van der Waals surface area contributed by atoms with Crippen molar-refractivity contribution in [2.75, 3.05) is 51.4 Å². The van der Waals surface area contributed by atoms with Crippen LogP contribution in [0.2, 0.25) is 0 Å². The maximum atomic E-state index is 11.9. The molecule has 1 amide bonds. The molecule has 138 valence electrons. The maximum Gasteiger partial charge on any atom is 0.248 e. The molecule has 1 aliphatic heterocycles. The molecule has 1 fully saturated rings. The van der Waals surface area contributed by atoms with Crippen LogP contribution >= 0.6 is 0 Å². The van der Waals surface area contributed by atoms with Gasteiger partial charge in [0.15, 0.2) is 0 Å². The van der Waals surface area contributed by atoms with Gasteiger partial charge in [-0.2, -0.15) is 0 Å². The molecule has 0 saturated carbocycles. The summed E-state index contributed by atoms with van der Waals surface area (Å²) in [6.07, 6.45) is 1.59. The first-order valence-electron chi connectivity index (χ1n) is 8.78. The lowest BCUT2D eigenvalue weighted by Crippen LogP contribution is -2.50. The predicted molar refractivity (Wildman–Crippen MR) is 99.3 cm³/mol. The van der Waals surface area contributed by atoms with Crippen LogP contribution in [0.5, 0.6) is 5.75 Å². The number of benzene rings is 1. The second-order valence-corrected chi connectivity index (χ2v) is 6.02. The van der Waals surface area contributed by atoms with E-state index in [0.717, 1.165) is 35.9 Å². The second kappa shape index (κ2) is 8.62. The van der Waals surface area contributed by atoms with Crippen LogP contribution in [0.1, 0.15) is 6.92 Å². The van der Waals surface area contributed by atoms with Gasteiger partial charge in [0, 0.05) is 44.9 Å². The number of aromatic nitrogens is 2. The molecule has 0 N–H and O–H groups in total. The van der Waals surface area contributed by atoms with Gasteiger partial charge in [-0.1, -0.05) is 0 Å². The van der Waals surface area contributed by atoms with E-state index < -0.39 is 0 Å². The highest BCUT2D eigenvalue weighted by Gasteiger charge is 2.22. The van der Waals surface area contributed by atoms with Gasteiger partial charge in [-0.15, -0.1) is 0 Å². The Balaban J connectivity index is 1.67. The quantitative estimate of drug-likeness (QED) is 0.787. The number of carbonyl (C=O) groups excluding carboxylic acids is 1. The second-order valence-electron chi connectivity index (χ2n) is 6.02. The number of hydrogen-bond acceptors (Lipinski definition) is 6. The highest BCUT2D eigenvalue weighted by molar-refractivity contribution is 5.77. The Hall–Kier alpha value is -2.67. The number of methoxy groups -OCH3 is 1. The third-order valence-electron chi connectivity index (χ3n) is 4.34. The number of piperazine rings is 1. The lowest BCUT2D eigenvalue weighted by Gasteiger charge is -2.35. The van der Waals surface area contributed by atoms with Gasteiger partial charge in [-0.05, 0) is 31.2 Å². The summed E-state index contributed by atoms with van der Waals surface area (Å²) in [4.78, 5) is 24.7. The summed E-state index contributed by atoms with van der Waals surface area (Å²) in [5, 5.41) is 0. The van der Waals surface area contributed by atoms with Gasteiger partial charge in [0.05, 0.1) is 12.3 Å². The van der Waals surface area contributed by atoms with Crippen molar-refractivity contribution in [1.29, 1.82) is 0 Å². The monoisotopic (exact) mass is 356 g/mol. The topological polar surface area (TPSA) is 67.8 Å². The molecule has 0 aliphatic carbocycles. The first kappa shape index (κ1) is 18.1. The SMILES string of the molecule is CCOc1ccc(-c2cc(N3CCN(C(=O)COC)CC3)ncn2)cc1. The summed E-state index contributed by atoms with van der Waals surface area (Å²) in [7, 11) is 1.54. The highest BCUT2D eigenvalue weighted by atomic mass is 16.5. The third kappa shape index (κ3) is 4.29. The molecule has 2 heterocycles. The van der Waals surface area contributed by atoms with E-state index in [9.17, 15) is 4.79 Å². The minimum atomic E-state index is 0.0323. The van der Waals surface area contributed by atoms with Crippen molar-refractivity contribution in [2.45, 2.75) is 6.92 Å². The van der Waals surface area contributed by atoms with Crippen LogP contribution in [0, 0.1) is 0 Å². The van der Waals surface area contributed by atoms with E-state index in [1.54, 1.807) is 6.33 Å². The Morgan fingerprint density at radius 2 is 1.85 bits per heavy atom. The Morgan fingerprint density at radius 1 is 1.12 bits per heavy atom. The van der Waals surface area contributed by atoms with Gasteiger partial charge in [0.1, 0.15) is 24.5 Å². The molecular formula is C19H24N4O3. The fraction of sp³-hybridized carbons (Fsp3) is 0.421. The first-order chi connectivity index (χ1) is 12.7. The lowest BCUT2D eigenvalue weighted by molar-refractivity contribution is -0.135. The Kier molecular flexibility index (Phi) is 6.01. The standard InChI is InChI=1S/C19H24N4O3/c1-3-26-16-6-4-15(5-7-16)17-12-18(21-14-20-17)22-8-10-23(11-9-22)19(24)13-25-2/h4-7,12,14H,3,8-11,13H2,1-2H3. The van der Waals surface area contributed by atoms with Crippen molar-refractivity contribution >= 4 is 11.7 Å². The van der Waals surface area contributed by atoms with E-state index in [2.05, 4.69) is 14.9 Å². The third-order valence-corrected chi connectivity index (χ3v) is 4.34. The number of amides is 1. The molecule has 3 rings (SSSR count). The lowest BCUT2D eigenvalue weighted by atomic mass is 10.1. The molecule has 1 aromatic carbocycles. The van der Waals surface area contributed by atoms with Crippen LogP contribution in [-0.2, 0) is 9.53 Å². The largest absolute Gasteiger partial charge is 0.494 e. The van der Waals surface area contributed by atoms with Gasteiger partial charge < -0.3 is 19.3 Å². The average Bonchev–Trinajstić information content (AvgIpc) is 2.69. The molecule has 0 bridgehead atoms. The fourth-order valence-corrected chi connectivity index (χ4v) is 2.97. The molecule has 2 aromatic rings. The van der Waals surface area contributed by atoms with Crippen LogP contribution in [0.15, 0.2) is 36.7 Å². The molecular weight excluding hydrogens is 332 g/mol. The Morgan fingerprint density at radius 3 is 2.50 bits per heavy atom. The molecule has 7 heteroatoms.